The number of hydrogen-bond acceptors (Lipinski definition) is 4. The lowest BCUT2D eigenvalue weighted by molar-refractivity contribution is 0.147. The van der Waals surface area contributed by atoms with Gasteiger partial charge in [-0.1, -0.05) is 36.8 Å². The van der Waals surface area contributed by atoms with Crippen LogP contribution in [0.15, 0.2) is 48.5 Å². The molecule has 31 heavy (non-hydrogen) atoms. The van der Waals surface area contributed by atoms with Crippen molar-refractivity contribution in [3.05, 3.63) is 57.8 Å². The van der Waals surface area contributed by atoms with Gasteiger partial charge in [0.25, 0.3) is 0 Å². The third kappa shape index (κ3) is 4.67. The van der Waals surface area contributed by atoms with Crippen LogP contribution >= 0.6 is 22.6 Å². The maximum Gasteiger partial charge on any atom is 0.432 e. The summed E-state index contributed by atoms with van der Waals surface area (Å²) >= 11 is 1.99. The summed E-state index contributed by atoms with van der Waals surface area (Å²) in [4.78, 5) is 26.6. The molecule has 0 bridgehead atoms. The fourth-order valence-electron chi connectivity index (χ4n) is 4.20. The number of anilines is 1. The van der Waals surface area contributed by atoms with Crippen molar-refractivity contribution in [1.82, 2.24) is 20.0 Å². The number of aromatic nitrogens is 2. The van der Waals surface area contributed by atoms with Crippen molar-refractivity contribution in [2.45, 2.75) is 31.3 Å². The van der Waals surface area contributed by atoms with Gasteiger partial charge in [0.2, 0.25) is 0 Å². The molecule has 9 heteroatoms. The van der Waals surface area contributed by atoms with Crippen LogP contribution in [0.25, 0.3) is 10.9 Å². The highest BCUT2D eigenvalue weighted by Gasteiger charge is 2.30. The summed E-state index contributed by atoms with van der Waals surface area (Å²) in [6.07, 6.45) is 2.19. The first-order valence-corrected chi connectivity index (χ1v) is 11.3. The highest BCUT2D eigenvalue weighted by Crippen LogP contribution is 2.28. The predicted octanol–water partition coefficient (Wildman–Crippen LogP) is 4.51. The first kappa shape index (κ1) is 21.6. The Morgan fingerprint density at radius 2 is 1.97 bits per heavy atom. The number of likely N-dealkylation sites (tertiary alicyclic amines) is 1. The molecular formula is C22H24IN5O3. The van der Waals surface area contributed by atoms with Gasteiger partial charge in [0.15, 0.2) is 0 Å². The lowest BCUT2D eigenvalue weighted by Crippen LogP contribution is -2.47. The Kier molecular flexibility index (Phi) is 6.42. The first-order valence-electron chi connectivity index (χ1n) is 10.2. The molecule has 2 aromatic carbocycles. The van der Waals surface area contributed by atoms with Gasteiger partial charge in [0.1, 0.15) is 3.70 Å². The summed E-state index contributed by atoms with van der Waals surface area (Å²) in [5.41, 5.74) is 2.13. The van der Waals surface area contributed by atoms with E-state index >= 15 is 0 Å². The van der Waals surface area contributed by atoms with Gasteiger partial charge < -0.3 is 20.6 Å². The second kappa shape index (κ2) is 9.23. The van der Waals surface area contributed by atoms with Gasteiger partial charge in [0, 0.05) is 17.1 Å². The molecule has 1 aromatic heterocycles. The molecular weight excluding hydrogens is 509 g/mol. The van der Waals surface area contributed by atoms with Crippen molar-refractivity contribution in [2.24, 2.45) is 0 Å². The third-order valence-electron chi connectivity index (χ3n) is 5.73. The van der Waals surface area contributed by atoms with E-state index in [1.807, 2.05) is 52.9 Å². The Morgan fingerprint density at radius 3 is 2.68 bits per heavy atom. The fourth-order valence-corrected chi connectivity index (χ4v) is 4.85. The van der Waals surface area contributed by atoms with Crippen molar-refractivity contribution in [3.63, 3.8) is 0 Å². The van der Waals surface area contributed by atoms with E-state index < -0.39 is 6.09 Å². The number of piperidine rings is 1. The number of nitrogens with one attached hydrogen (secondary N) is 2. The predicted molar refractivity (Wildman–Crippen MR) is 127 cm³/mol. The van der Waals surface area contributed by atoms with E-state index in [9.17, 15) is 14.7 Å². The number of amides is 2. The molecule has 4 rings (SSSR count). The van der Waals surface area contributed by atoms with Crippen molar-refractivity contribution in [1.29, 1.82) is 0 Å². The maximum atomic E-state index is 12.9. The SMILES string of the molecule is CN1CCCCC1C(NC(=O)Nc1ccc2c(c1)c(I)nn2C(=O)O)c1ccccc1. The van der Waals surface area contributed by atoms with Gasteiger partial charge in [-0.2, -0.15) is 9.78 Å². The number of fused-ring (bicyclic) bond motifs is 1. The van der Waals surface area contributed by atoms with Crippen LogP contribution in [-0.2, 0) is 0 Å². The summed E-state index contributed by atoms with van der Waals surface area (Å²) in [6.45, 7) is 1.01. The number of urea groups is 1. The molecule has 8 nitrogen and oxygen atoms in total. The monoisotopic (exact) mass is 533 g/mol. The van der Waals surface area contributed by atoms with Crippen LogP contribution in [0.1, 0.15) is 30.9 Å². The standard InChI is InChI=1S/C22H24IN5O3/c1-27-12-6-5-9-18(27)19(14-7-3-2-4-8-14)25-21(29)24-15-10-11-17-16(13-15)20(23)26-28(17)22(30)31/h2-4,7-8,10-11,13,18-19H,5-6,9,12H2,1H3,(H,30,31)(H2,24,25,29). The Hall–Kier alpha value is -2.66. The normalized spacial score (nSPS) is 17.9. The summed E-state index contributed by atoms with van der Waals surface area (Å²) in [5, 5.41) is 20.0. The zero-order valence-corrected chi connectivity index (χ0v) is 19.2. The number of halogens is 1. The number of carboxylic acid groups (broad SMARTS) is 1. The van der Waals surface area contributed by atoms with Crippen molar-refractivity contribution in [3.8, 4) is 0 Å². The average molecular weight is 533 g/mol. The smallest absolute Gasteiger partial charge is 0.432 e. The zero-order chi connectivity index (χ0) is 22.0. The molecule has 0 saturated carbocycles. The van der Waals surface area contributed by atoms with E-state index in [0.29, 0.717) is 20.3 Å². The highest BCUT2D eigenvalue weighted by molar-refractivity contribution is 14.1. The molecule has 2 atom stereocenters. The molecule has 1 fully saturated rings. The third-order valence-corrected chi connectivity index (χ3v) is 6.53. The maximum absolute atomic E-state index is 12.9. The Labute approximate surface area is 193 Å². The van der Waals surface area contributed by atoms with Crippen LogP contribution in [-0.4, -0.2) is 51.5 Å². The molecule has 1 aliphatic rings. The van der Waals surface area contributed by atoms with Gasteiger partial charge in [0.05, 0.1) is 11.6 Å². The Balaban J connectivity index is 1.55. The molecule has 3 aromatic rings. The molecule has 3 N–H and O–H groups in total. The minimum absolute atomic E-state index is 0.134. The molecule has 0 spiro atoms. The van der Waals surface area contributed by atoms with Gasteiger partial charge in [-0.25, -0.2) is 9.59 Å². The molecule has 2 heterocycles. The average Bonchev–Trinajstić information content (AvgIpc) is 3.10. The number of carbonyl (C=O) groups is 2. The largest absolute Gasteiger partial charge is 0.463 e. The van der Waals surface area contributed by atoms with Crippen molar-refractivity contribution >= 4 is 51.3 Å². The van der Waals surface area contributed by atoms with Crippen LogP contribution < -0.4 is 10.6 Å². The topological polar surface area (TPSA) is 99.5 Å². The lowest BCUT2D eigenvalue weighted by atomic mass is 9.91. The van der Waals surface area contributed by atoms with Gasteiger partial charge in [-0.15, -0.1) is 0 Å². The van der Waals surface area contributed by atoms with Crippen molar-refractivity contribution in [2.75, 3.05) is 18.9 Å². The van der Waals surface area contributed by atoms with Crippen LogP contribution in [0.4, 0.5) is 15.3 Å². The summed E-state index contributed by atoms with van der Waals surface area (Å²) in [5.74, 6) is 0. The van der Waals surface area contributed by atoms with Crippen molar-refractivity contribution < 1.29 is 14.7 Å². The number of hydrogen-bond donors (Lipinski definition) is 3. The second-order valence-electron chi connectivity index (χ2n) is 7.75. The number of nitrogens with zero attached hydrogens (tertiary/aromatic N) is 3. The van der Waals surface area contributed by atoms with E-state index in [1.165, 1.54) is 6.42 Å². The molecule has 1 saturated heterocycles. The van der Waals surface area contributed by atoms with Crippen LogP contribution in [0.2, 0.25) is 0 Å². The number of benzene rings is 2. The first-order chi connectivity index (χ1) is 14.9. The van der Waals surface area contributed by atoms with Gasteiger partial charge in [-0.3, -0.25) is 0 Å². The van der Waals surface area contributed by atoms with E-state index in [-0.39, 0.29) is 18.1 Å². The Morgan fingerprint density at radius 1 is 1.19 bits per heavy atom. The van der Waals surface area contributed by atoms with E-state index in [0.717, 1.165) is 29.6 Å². The fraction of sp³-hybridized carbons (Fsp3) is 0.318. The summed E-state index contributed by atoms with van der Waals surface area (Å²) < 4.78 is 1.50. The molecule has 162 valence electrons. The van der Waals surface area contributed by atoms with E-state index in [2.05, 4.69) is 27.7 Å². The van der Waals surface area contributed by atoms with Crippen LogP contribution in [0.5, 0.6) is 0 Å². The minimum Gasteiger partial charge on any atom is -0.463 e. The zero-order valence-electron chi connectivity index (χ0n) is 17.1. The highest BCUT2D eigenvalue weighted by atomic mass is 127. The molecule has 1 aliphatic heterocycles. The minimum atomic E-state index is -1.14. The van der Waals surface area contributed by atoms with Crippen LogP contribution in [0, 0.1) is 3.70 Å². The summed E-state index contributed by atoms with van der Waals surface area (Å²) in [6, 6.07) is 14.9. The van der Waals surface area contributed by atoms with Gasteiger partial charge in [-0.05, 0) is 72.8 Å². The lowest BCUT2D eigenvalue weighted by Gasteiger charge is -2.38. The number of likely N-dealkylation sites (N-methyl/N-ethyl adjacent to an activating group) is 1. The van der Waals surface area contributed by atoms with Gasteiger partial charge >= 0.3 is 12.1 Å². The van der Waals surface area contributed by atoms with Crippen LogP contribution in [0.3, 0.4) is 0 Å². The summed E-state index contributed by atoms with van der Waals surface area (Å²) in [7, 11) is 2.11. The van der Waals surface area contributed by atoms with E-state index in [4.69, 9.17) is 0 Å². The molecule has 0 radical (unpaired) electrons. The molecule has 0 aliphatic carbocycles. The van der Waals surface area contributed by atoms with E-state index in [1.54, 1.807) is 18.2 Å². The molecule has 2 amide bonds. The number of carbonyl (C=O) groups excluding carboxylic acids is 1. The second-order valence-corrected chi connectivity index (χ2v) is 8.77. The number of rotatable bonds is 4. The quantitative estimate of drug-likeness (QED) is 0.429. The Bertz CT molecular complexity index is 1100. The molecule has 2 unspecified atom stereocenters.